The number of hydrogen-bond donors (Lipinski definition) is 0. The third-order valence-corrected chi connectivity index (χ3v) is 4.30. The van der Waals surface area contributed by atoms with E-state index in [0.717, 1.165) is 27.5 Å². The van der Waals surface area contributed by atoms with E-state index in [4.69, 9.17) is 4.52 Å². The molecule has 0 bridgehead atoms. The Hall–Kier alpha value is -2.80. The molecule has 0 fully saturated rings. The largest absolute Gasteiger partial charge is 0.332 e. The van der Waals surface area contributed by atoms with Gasteiger partial charge in [-0.05, 0) is 13.0 Å². The van der Waals surface area contributed by atoms with Gasteiger partial charge in [-0.15, -0.1) is 11.3 Å². The van der Waals surface area contributed by atoms with Gasteiger partial charge in [-0.1, -0.05) is 29.4 Å². The molecule has 0 spiro atoms. The molecule has 0 saturated heterocycles. The Morgan fingerprint density at radius 3 is 2.48 bits per heavy atom. The molecular formula is C16H13N5OS. The van der Waals surface area contributed by atoms with Gasteiger partial charge in [0.15, 0.2) is 0 Å². The van der Waals surface area contributed by atoms with E-state index in [1.54, 1.807) is 22.2 Å². The standard InChI is InChI=1S/C16H13N5OS/c1-10-18-13(9-23-10)11-3-5-12(6-4-11)15-19-16(22-20-15)14-7-8-17-21(14)2/h3-9H,1-2H3. The van der Waals surface area contributed by atoms with Gasteiger partial charge >= 0.3 is 0 Å². The Labute approximate surface area is 136 Å². The lowest BCUT2D eigenvalue weighted by Gasteiger charge is -1.98. The minimum atomic E-state index is 0.458. The molecule has 0 amide bonds. The molecular weight excluding hydrogens is 310 g/mol. The van der Waals surface area contributed by atoms with E-state index in [0.29, 0.717) is 11.7 Å². The second kappa shape index (κ2) is 5.44. The highest BCUT2D eigenvalue weighted by Crippen LogP contribution is 2.26. The predicted molar refractivity (Wildman–Crippen MR) is 87.8 cm³/mol. The molecule has 4 rings (SSSR count). The van der Waals surface area contributed by atoms with Crippen LogP contribution < -0.4 is 0 Å². The van der Waals surface area contributed by atoms with Crippen LogP contribution in [0.15, 0.2) is 46.4 Å². The monoisotopic (exact) mass is 323 g/mol. The molecule has 23 heavy (non-hydrogen) atoms. The zero-order valence-electron chi connectivity index (χ0n) is 12.6. The van der Waals surface area contributed by atoms with Gasteiger partial charge in [0.1, 0.15) is 5.69 Å². The van der Waals surface area contributed by atoms with Crippen molar-refractivity contribution in [3.8, 4) is 34.2 Å². The number of rotatable bonds is 3. The topological polar surface area (TPSA) is 69.6 Å². The van der Waals surface area contributed by atoms with E-state index in [1.165, 1.54) is 0 Å². The fourth-order valence-corrected chi connectivity index (χ4v) is 2.94. The van der Waals surface area contributed by atoms with Crippen LogP contribution in [0.4, 0.5) is 0 Å². The van der Waals surface area contributed by atoms with Crippen molar-refractivity contribution in [1.82, 2.24) is 24.9 Å². The first-order valence-electron chi connectivity index (χ1n) is 7.06. The lowest BCUT2D eigenvalue weighted by Crippen LogP contribution is -1.93. The van der Waals surface area contributed by atoms with E-state index in [-0.39, 0.29) is 0 Å². The van der Waals surface area contributed by atoms with Crippen LogP contribution in [0.3, 0.4) is 0 Å². The van der Waals surface area contributed by atoms with Crippen LogP contribution in [0.2, 0.25) is 0 Å². The highest BCUT2D eigenvalue weighted by Gasteiger charge is 2.13. The highest BCUT2D eigenvalue weighted by molar-refractivity contribution is 7.09. The summed E-state index contributed by atoms with van der Waals surface area (Å²) in [5.41, 5.74) is 3.76. The first-order valence-corrected chi connectivity index (χ1v) is 7.94. The van der Waals surface area contributed by atoms with Gasteiger partial charge in [0, 0.05) is 29.8 Å². The van der Waals surface area contributed by atoms with Crippen LogP contribution in [0.5, 0.6) is 0 Å². The van der Waals surface area contributed by atoms with Gasteiger partial charge in [0.05, 0.1) is 10.7 Å². The molecule has 0 atom stereocenters. The Bertz CT molecular complexity index is 951. The van der Waals surface area contributed by atoms with Crippen molar-refractivity contribution in [1.29, 1.82) is 0 Å². The van der Waals surface area contributed by atoms with Gasteiger partial charge < -0.3 is 4.52 Å². The molecule has 7 heteroatoms. The molecule has 0 aliphatic carbocycles. The number of nitrogens with zero attached hydrogens (tertiary/aromatic N) is 5. The van der Waals surface area contributed by atoms with Crippen LogP contribution in [-0.2, 0) is 7.05 Å². The summed E-state index contributed by atoms with van der Waals surface area (Å²) >= 11 is 1.64. The normalized spacial score (nSPS) is 11.0. The van der Waals surface area contributed by atoms with Gasteiger partial charge in [-0.25, -0.2) is 4.98 Å². The van der Waals surface area contributed by atoms with E-state index in [1.807, 2.05) is 44.3 Å². The van der Waals surface area contributed by atoms with Crippen LogP contribution in [0.1, 0.15) is 5.01 Å². The van der Waals surface area contributed by atoms with Crippen molar-refractivity contribution < 1.29 is 4.52 Å². The molecule has 0 radical (unpaired) electrons. The summed E-state index contributed by atoms with van der Waals surface area (Å²) in [6.45, 7) is 2.00. The van der Waals surface area contributed by atoms with Crippen molar-refractivity contribution in [3.63, 3.8) is 0 Å². The fraction of sp³-hybridized carbons (Fsp3) is 0.125. The molecule has 0 saturated carbocycles. The predicted octanol–water partition coefficient (Wildman–Crippen LogP) is 3.57. The first-order chi connectivity index (χ1) is 11.2. The molecule has 0 aliphatic heterocycles. The van der Waals surface area contributed by atoms with Crippen LogP contribution in [-0.4, -0.2) is 24.9 Å². The first kappa shape index (κ1) is 13.8. The lowest BCUT2D eigenvalue weighted by atomic mass is 10.1. The third-order valence-electron chi connectivity index (χ3n) is 3.52. The number of thiazole rings is 1. The SMILES string of the molecule is Cc1nc(-c2ccc(-c3noc(-c4ccnn4C)n3)cc2)cs1. The Morgan fingerprint density at radius 2 is 1.83 bits per heavy atom. The molecule has 6 nitrogen and oxygen atoms in total. The summed E-state index contributed by atoms with van der Waals surface area (Å²) < 4.78 is 7.03. The molecule has 0 unspecified atom stereocenters. The quantitative estimate of drug-likeness (QED) is 0.576. The molecule has 3 heterocycles. The molecule has 114 valence electrons. The van der Waals surface area contributed by atoms with Crippen molar-refractivity contribution >= 4 is 11.3 Å². The van der Waals surface area contributed by atoms with Crippen molar-refractivity contribution in [2.24, 2.45) is 7.05 Å². The molecule has 3 aromatic heterocycles. The third kappa shape index (κ3) is 2.55. The Morgan fingerprint density at radius 1 is 1.04 bits per heavy atom. The maximum Gasteiger partial charge on any atom is 0.276 e. The Kier molecular flexibility index (Phi) is 3.27. The van der Waals surface area contributed by atoms with Gasteiger partial charge in [0.2, 0.25) is 5.82 Å². The van der Waals surface area contributed by atoms with Gasteiger partial charge in [-0.3, -0.25) is 4.68 Å². The molecule has 4 aromatic rings. The van der Waals surface area contributed by atoms with E-state index < -0.39 is 0 Å². The van der Waals surface area contributed by atoms with Gasteiger partial charge in [-0.2, -0.15) is 10.1 Å². The smallest absolute Gasteiger partial charge is 0.276 e. The van der Waals surface area contributed by atoms with E-state index >= 15 is 0 Å². The summed E-state index contributed by atoms with van der Waals surface area (Å²) in [5.74, 6) is 1.02. The number of aryl methyl sites for hydroxylation is 2. The van der Waals surface area contributed by atoms with Crippen LogP contribution >= 0.6 is 11.3 Å². The number of hydrogen-bond acceptors (Lipinski definition) is 6. The summed E-state index contributed by atoms with van der Waals surface area (Å²) in [7, 11) is 1.84. The second-order valence-corrected chi connectivity index (χ2v) is 6.15. The molecule has 0 N–H and O–H groups in total. The minimum Gasteiger partial charge on any atom is -0.332 e. The average Bonchev–Trinajstić information content (AvgIpc) is 3.28. The van der Waals surface area contributed by atoms with Gasteiger partial charge in [0.25, 0.3) is 5.89 Å². The number of benzene rings is 1. The maximum atomic E-state index is 5.33. The zero-order valence-corrected chi connectivity index (χ0v) is 13.4. The molecule has 1 aromatic carbocycles. The Balaban J connectivity index is 1.64. The summed E-state index contributed by atoms with van der Waals surface area (Å²) in [4.78, 5) is 8.93. The van der Waals surface area contributed by atoms with E-state index in [2.05, 4.69) is 25.6 Å². The summed E-state index contributed by atoms with van der Waals surface area (Å²) in [6, 6.07) is 9.82. The fourth-order valence-electron chi connectivity index (χ4n) is 2.31. The zero-order chi connectivity index (χ0) is 15.8. The maximum absolute atomic E-state index is 5.33. The highest BCUT2D eigenvalue weighted by atomic mass is 32.1. The van der Waals surface area contributed by atoms with Crippen molar-refractivity contribution in [2.45, 2.75) is 6.92 Å². The summed E-state index contributed by atoms with van der Waals surface area (Å²) in [5, 5.41) is 11.3. The van der Waals surface area contributed by atoms with Crippen molar-refractivity contribution in [2.75, 3.05) is 0 Å². The second-order valence-electron chi connectivity index (χ2n) is 5.09. The average molecular weight is 323 g/mol. The lowest BCUT2D eigenvalue weighted by molar-refractivity contribution is 0.428. The number of aromatic nitrogens is 5. The summed E-state index contributed by atoms with van der Waals surface area (Å²) in [6.07, 6.45) is 1.70. The van der Waals surface area contributed by atoms with Crippen LogP contribution in [0, 0.1) is 6.92 Å². The van der Waals surface area contributed by atoms with E-state index in [9.17, 15) is 0 Å². The van der Waals surface area contributed by atoms with Crippen molar-refractivity contribution in [3.05, 3.63) is 46.9 Å². The minimum absolute atomic E-state index is 0.458. The van der Waals surface area contributed by atoms with Crippen LogP contribution in [0.25, 0.3) is 34.2 Å². The molecule has 0 aliphatic rings.